The number of methoxy groups -OCH3 is 1. The molecule has 6 nitrogen and oxygen atoms in total. The molecule has 29 heavy (non-hydrogen) atoms. The summed E-state index contributed by atoms with van der Waals surface area (Å²) in [6.45, 7) is 0.432. The van der Waals surface area contributed by atoms with Crippen LogP contribution in [0.2, 0.25) is 0 Å². The van der Waals surface area contributed by atoms with E-state index in [0.717, 1.165) is 11.3 Å². The van der Waals surface area contributed by atoms with Crippen LogP contribution in [-0.4, -0.2) is 29.6 Å². The van der Waals surface area contributed by atoms with Gasteiger partial charge in [0, 0.05) is 17.3 Å². The summed E-state index contributed by atoms with van der Waals surface area (Å²) >= 11 is 1.57. The molecule has 2 heterocycles. The molecule has 0 spiro atoms. The summed E-state index contributed by atoms with van der Waals surface area (Å²) in [5.74, 6) is 1.74. The second kappa shape index (κ2) is 8.45. The number of nitrogens with zero attached hydrogens (tertiary/aromatic N) is 1. The predicted octanol–water partition coefficient (Wildman–Crippen LogP) is 4.31. The highest BCUT2D eigenvalue weighted by molar-refractivity contribution is 8.00. The Hall–Kier alpha value is -3.19. The maximum Gasteiger partial charge on any atom is 0.255 e. The number of rotatable bonds is 6. The van der Waals surface area contributed by atoms with Crippen molar-refractivity contribution in [1.29, 1.82) is 0 Å². The largest absolute Gasteiger partial charge is 0.497 e. The number of nitrogens with one attached hydrogen (secondary N) is 1. The molecule has 2 amide bonds. The van der Waals surface area contributed by atoms with Gasteiger partial charge in [-0.25, -0.2) is 0 Å². The number of benzene rings is 2. The van der Waals surface area contributed by atoms with Gasteiger partial charge in [0.05, 0.1) is 25.7 Å². The van der Waals surface area contributed by atoms with Crippen molar-refractivity contribution in [3.05, 3.63) is 83.8 Å². The fourth-order valence-corrected chi connectivity index (χ4v) is 4.36. The Morgan fingerprint density at radius 2 is 2.03 bits per heavy atom. The average Bonchev–Trinajstić information content (AvgIpc) is 3.39. The maximum absolute atomic E-state index is 12.5. The monoisotopic (exact) mass is 408 g/mol. The minimum atomic E-state index is -0.201. The number of hydrogen-bond donors (Lipinski definition) is 1. The van der Waals surface area contributed by atoms with E-state index in [9.17, 15) is 9.59 Å². The van der Waals surface area contributed by atoms with Crippen molar-refractivity contribution >= 4 is 29.3 Å². The number of hydrogen-bond acceptors (Lipinski definition) is 5. The van der Waals surface area contributed by atoms with Crippen LogP contribution in [0.4, 0.5) is 5.69 Å². The molecule has 7 heteroatoms. The van der Waals surface area contributed by atoms with Crippen molar-refractivity contribution in [1.82, 2.24) is 4.90 Å². The van der Waals surface area contributed by atoms with Crippen LogP contribution in [0, 0.1) is 0 Å². The van der Waals surface area contributed by atoms with Crippen LogP contribution in [0.5, 0.6) is 5.75 Å². The van der Waals surface area contributed by atoms with E-state index >= 15 is 0 Å². The number of thioether (sulfide) groups is 1. The van der Waals surface area contributed by atoms with E-state index in [1.165, 1.54) is 0 Å². The lowest BCUT2D eigenvalue weighted by Crippen LogP contribution is -2.27. The third-order valence-corrected chi connectivity index (χ3v) is 5.92. The molecule has 1 N–H and O–H groups in total. The molecule has 1 aromatic heterocycles. The Bertz CT molecular complexity index is 1000. The summed E-state index contributed by atoms with van der Waals surface area (Å²) in [5, 5.41) is 2.77. The third-order valence-electron chi connectivity index (χ3n) is 4.66. The molecule has 1 aliphatic rings. The molecule has 0 saturated carbocycles. The first-order valence-electron chi connectivity index (χ1n) is 9.13. The molecule has 1 saturated heterocycles. The number of anilines is 1. The highest BCUT2D eigenvalue weighted by atomic mass is 32.2. The molecule has 4 rings (SSSR count). The van der Waals surface area contributed by atoms with Crippen molar-refractivity contribution in [2.75, 3.05) is 18.2 Å². The van der Waals surface area contributed by atoms with Gasteiger partial charge in [-0.2, -0.15) is 0 Å². The van der Waals surface area contributed by atoms with Crippen LogP contribution in [0.1, 0.15) is 27.1 Å². The van der Waals surface area contributed by atoms with Crippen LogP contribution in [0.25, 0.3) is 0 Å². The summed E-state index contributed by atoms with van der Waals surface area (Å²) in [7, 11) is 1.58. The van der Waals surface area contributed by atoms with E-state index in [1.54, 1.807) is 48.2 Å². The fraction of sp³-hybridized carbons (Fsp3) is 0.182. The predicted molar refractivity (Wildman–Crippen MR) is 112 cm³/mol. The normalized spacial score (nSPS) is 16.1. The number of ether oxygens (including phenoxy) is 1. The van der Waals surface area contributed by atoms with E-state index in [-0.39, 0.29) is 17.2 Å². The van der Waals surface area contributed by atoms with Gasteiger partial charge in [0.2, 0.25) is 5.91 Å². The van der Waals surface area contributed by atoms with Gasteiger partial charge in [0.15, 0.2) is 0 Å². The SMILES string of the molecule is COc1cccc(NC(=O)c2ccc([C@@H]3SCC(=O)N3Cc3ccco3)cc2)c1. The Morgan fingerprint density at radius 3 is 2.76 bits per heavy atom. The van der Waals surface area contributed by atoms with E-state index in [4.69, 9.17) is 9.15 Å². The number of furan rings is 1. The molecular weight excluding hydrogens is 388 g/mol. The zero-order chi connectivity index (χ0) is 20.2. The second-order valence-corrected chi connectivity index (χ2v) is 7.64. The van der Waals surface area contributed by atoms with Crippen LogP contribution < -0.4 is 10.1 Å². The lowest BCUT2D eigenvalue weighted by Gasteiger charge is -2.23. The first-order chi connectivity index (χ1) is 14.1. The topological polar surface area (TPSA) is 71.8 Å². The van der Waals surface area contributed by atoms with Gasteiger partial charge in [-0.3, -0.25) is 9.59 Å². The molecule has 148 valence electrons. The molecular formula is C22H20N2O4S. The maximum atomic E-state index is 12.5. The standard InChI is InChI=1S/C22H20N2O4S/c1-27-18-5-2-4-17(12-18)23-21(26)15-7-9-16(10-8-15)22-24(20(25)14-29-22)13-19-6-3-11-28-19/h2-12,22H,13-14H2,1H3,(H,23,26)/t22-/m0/s1. The lowest BCUT2D eigenvalue weighted by atomic mass is 10.1. The summed E-state index contributed by atoms with van der Waals surface area (Å²) in [5.41, 5.74) is 2.19. The summed E-state index contributed by atoms with van der Waals surface area (Å²) in [6.07, 6.45) is 1.60. The third kappa shape index (κ3) is 4.30. The number of amides is 2. The summed E-state index contributed by atoms with van der Waals surface area (Å²) in [4.78, 5) is 26.6. The van der Waals surface area contributed by atoms with Crippen molar-refractivity contribution in [2.45, 2.75) is 11.9 Å². The fourth-order valence-electron chi connectivity index (χ4n) is 3.17. The average molecular weight is 408 g/mol. The zero-order valence-electron chi connectivity index (χ0n) is 15.8. The van der Waals surface area contributed by atoms with Crippen molar-refractivity contribution < 1.29 is 18.7 Å². The molecule has 1 atom stereocenters. The highest BCUT2D eigenvalue weighted by Gasteiger charge is 2.33. The van der Waals surface area contributed by atoms with E-state index in [0.29, 0.717) is 29.3 Å². The van der Waals surface area contributed by atoms with E-state index in [2.05, 4.69) is 5.32 Å². The van der Waals surface area contributed by atoms with Gasteiger partial charge >= 0.3 is 0 Å². The molecule has 2 aromatic carbocycles. The Morgan fingerprint density at radius 1 is 1.21 bits per heavy atom. The highest BCUT2D eigenvalue weighted by Crippen LogP contribution is 2.39. The quantitative estimate of drug-likeness (QED) is 0.658. The molecule has 0 radical (unpaired) electrons. The number of carbonyl (C=O) groups is 2. The van der Waals surface area contributed by atoms with Crippen molar-refractivity contribution in [2.24, 2.45) is 0 Å². The van der Waals surface area contributed by atoms with Gasteiger partial charge < -0.3 is 19.4 Å². The molecule has 1 aliphatic heterocycles. The molecule has 3 aromatic rings. The minimum absolute atomic E-state index is 0.0799. The Kier molecular flexibility index (Phi) is 5.57. The molecule has 0 aliphatic carbocycles. The number of carbonyl (C=O) groups excluding carboxylic acids is 2. The van der Waals surface area contributed by atoms with Crippen LogP contribution in [-0.2, 0) is 11.3 Å². The van der Waals surface area contributed by atoms with Crippen LogP contribution in [0.15, 0.2) is 71.3 Å². The summed E-state index contributed by atoms with van der Waals surface area (Å²) in [6, 6.07) is 18.2. The van der Waals surface area contributed by atoms with Crippen molar-refractivity contribution in [3.8, 4) is 5.75 Å². The molecule has 0 bridgehead atoms. The van der Waals surface area contributed by atoms with Crippen LogP contribution >= 0.6 is 11.8 Å². The first-order valence-corrected chi connectivity index (χ1v) is 10.2. The molecule has 0 unspecified atom stereocenters. The van der Waals surface area contributed by atoms with Gasteiger partial charge in [-0.05, 0) is 42.0 Å². The second-order valence-electron chi connectivity index (χ2n) is 6.57. The van der Waals surface area contributed by atoms with Gasteiger partial charge in [-0.15, -0.1) is 11.8 Å². The van der Waals surface area contributed by atoms with E-state index in [1.807, 2.05) is 42.5 Å². The van der Waals surface area contributed by atoms with Gasteiger partial charge in [0.25, 0.3) is 5.91 Å². The van der Waals surface area contributed by atoms with Gasteiger partial charge in [0.1, 0.15) is 16.9 Å². The smallest absolute Gasteiger partial charge is 0.255 e. The molecule has 1 fully saturated rings. The van der Waals surface area contributed by atoms with Crippen LogP contribution in [0.3, 0.4) is 0 Å². The Labute approximate surface area is 172 Å². The minimum Gasteiger partial charge on any atom is -0.497 e. The Balaban J connectivity index is 1.46. The zero-order valence-corrected chi connectivity index (χ0v) is 16.6. The summed E-state index contributed by atoms with van der Waals surface area (Å²) < 4.78 is 10.6. The van der Waals surface area contributed by atoms with Gasteiger partial charge in [-0.1, -0.05) is 18.2 Å². The lowest BCUT2D eigenvalue weighted by molar-refractivity contribution is -0.128. The first kappa shape index (κ1) is 19.1. The van der Waals surface area contributed by atoms with Crippen molar-refractivity contribution in [3.63, 3.8) is 0 Å². The van der Waals surface area contributed by atoms with E-state index < -0.39 is 0 Å².